The molecule has 0 spiro atoms. The Kier molecular flexibility index (Phi) is 6.62. The van der Waals surface area contributed by atoms with Crippen LogP contribution in [0.5, 0.6) is 5.75 Å². The van der Waals surface area contributed by atoms with Crippen LogP contribution < -0.4 is 4.74 Å². The molecule has 0 saturated heterocycles. The number of rotatable bonds is 6. The molecule has 0 heterocycles. The largest absolute Gasteiger partial charge is 0.497 e. The smallest absolute Gasteiger partial charge is 0.330 e. The Balaban J connectivity index is 2.29. The number of carbonyl (C=O) groups is 1. The predicted octanol–water partition coefficient (Wildman–Crippen LogP) is 2.73. The SMILES string of the molecule is CCOC(=O)C=C1CCC(O)(c2cccc(OC)c2)C(CN(C)C)C1. The van der Waals surface area contributed by atoms with Crippen molar-refractivity contribution in [3.05, 3.63) is 41.5 Å². The molecule has 0 bridgehead atoms. The molecule has 1 aliphatic carbocycles. The van der Waals surface area contributed by atoms with Gasteiger partial charge in [0.05, 0.1) is 19.3 Å². The number of allylic oxidation sites excluding steroid dienone is 1. The van der Waals surface area contributed by atoms with Crippen molar-refractivity contribution in [2.24, 2.45) is 5.92 Å². The van der Waals surface area contributed by atoms with Gasteiger partial charge in [-0.15, -0.1) is 0 Å². The molecule has 0 aromatic heterocycles. The van der Waals surface area contributed by atoms with Crippen molar-refractivity contribution in [3.63, 3.8) is 0 Å². The molecule has 1 saturated carbocycles. The third kappa shape index (κ3) is 4.83. The fourth-order valence-corrected chi connectivity index (χ4v) is 3.55. The third-order valence-corrected chi connectivity index (χ3v) is 4.77. The highest BCUT2D eigenvalue weighted by atomic mass is 16.5. The zero-order chi connectivity index (χ0) is 18.4. The topological polar surface area (TPSA) is 59.0 Å². The molecule has 0 amide bonds. The number of nitrogens with zero attached hydrogens (tertiary/aromatic N) is 1. The van der Waals surface area contributed by atoms with E-state index < -0.39 is 5.60 Å². The van der Waals surface area contributed by atoms with E-state index in [2.05, 4.69) is 4.90 Å². The highest BCUT2D eigenvalue weighted by Crippen LogP contribution is 2.44. The zero-order valence-electron chi connectivity index (χ0n) is 15.6. The van der Waals surface area contributed by atoms with E-state index in [0.717, 1.165) is 23.4 Å². The lowest BCUT2D eigenvalue weighted by molar-refractivity contribution is -0.137. The first-order chi connectivity index (χ1) is 11.9. The molecular formula is C20H29NO4. The monoisotopic (exact) mass is 347 g/mol. The Morgan fingerprint density at radius 2 is 2.20 bits per heavy atom. The first-order valence-electron chi connectivity index (χ1n) is 8.77. The second-order valence-electron chi connectivity index (χ2n) is 6.87. The van der Waals surface area contributed by atoms with Crippen molar-refractivity contribution in [3.8, 4) is 5.75 Å². The molecule has 1 N–H and O–H groups in total. The van der Waals surface area contributed by atoms with Crippen molar-refractivity contribution in [2.75, 3.05) is 34.4 Å². The molecule has 1 aromatic carbocycles. The van der Waals surface area contributed by atoms with Crippen LogP contribution in [0, 0.1) is 5.92 Å². The lowest BCUT2D eigenvalue weighted by Crippen LogP contribution is -2.43. The van der Waals surface area contributed by atoms with E-state index in [4.69, 9.17) is 9.47 Å². The van der Waals surface area contributed by atoms with Gasteiger partial charge in [-0.2, -0.15) is 0 Å². The molecule has 5 heteroatoms. The Labute approximate surface area is 150 Å². The second kappa shape index (κ2) is 8.50. The molecule has 0 aliphatic heterocycles. The van der Waals surface area contributed by atoms with Gasteiger partial charge >= 0.3 is 5.97 Å². The van der Waals surface area contributed by atoms with Gasteiger partial charge in [-0.05, 0) is 58.0 Å². The Morgan fingerprint density at radius 3 is 2.84 bits per heavy atom. The Bertz CT molecular complexity index is 626. The van der Waals surface area contributed by atoms with Crippen LogP contribution in [-0.2, 0) is 15.1 Å². The van der Waals surface area contributed by atoms with E-state index in [1.54, 1.807) is 20.1 Å². The molecule has 5 nitrogen and oxygen atoms in total. The molecule has 0 radical (unpaired) electrons. The van der Waals surface area contributed by atoms with E-state index in [9.17, 15) is 9.90 Å². The summed E-state index contributed by atoms with van der Waals surface area (Å²) in [5, 5.41) is 11.5. The normalized spacial score (nSPS) is 25.2. The van der Waals surface area contributed by atoms with Gasteiger partial charge in [0.15, 0.2) is 0 Å². The summed E-state index contributed by atoms with van der Waals surface area (Å²) >= 11 is 0. The predicted molar refractivity (Wildman–Crippen MR) is 97.5 cm³/mol. The average molecular weight is 347 g/mol. The number of aliphatic hydroxyl groups is 1. The average Bonchev–Trinajstić information content (AvgIpc) is 2.58. The first-order valence-corrected chi connectivity index (χ1v) is 8.77. The van der Waals surface area contributed by atoms with Crippen molar-refractivity contribution in [1.82, 2.24) is 4.90 Å². The Hall–Kier alpha value is -1.85. The van der Waals surface area contributed by atoms with Crippen LogP contribution in [0.25, 0.3) is 0 Å². The molecule has 1 aliphatic rings. The number of benzene rings is 1. The van der Waals surface area contributed by atoms with Gasteiger partial charge in [-0.25, -0.2) is 4.79 Å². The van der Waals surface area contributed by atoms with Gasteiger partial charge in [-0.3, -0.25) is 0 Å². The fraction of sp³-hybridized carbons (Fsp3) is 0.550. The van der Waals surface area contributed by atoms with Gasteiger partial charge in [-0.1, -0.05) is 17.7 Å². The summed E-state index contributed by atoms with van der Waals surface area (Å²) in [6, 6.07) is 7.64. The minimum absolute atomic E-state index is 0.0102. The van der Waals surface area contributed by atoms with Crippen LogP contribution in [-0.4, -0.2) is 50.3 Å². The molecular weight excluding hydrogens is 318 g/mol. The maximum atomic E-state index is 11.8. The fourth-order valence-electron chi connectivity index (χ4n) is 3.55. The van der Waals surface area contributed by atoms with Crippen LogP contribution >= 0.6 is 0 Å². The van der Waals surface area contributed by atoms with Gasteiger partial charge < -0.3 is 19.5 Å². The summed E-state index contributed by atoms with van der Waals surface area (Å²) in [5.74, 6) is 0.430. The molecule has 138 valence electrons. The Morgan fingerprint density at radius 1 is 1.44 bits per heavy atom. The van der Waals surface area contributed by atoms with E-state index in [1.807, 2.05) is 38.4 Å². The summed E-state index contributed by atoms with van der Waals surface area (Å²) < 4.78 is 10.3. The minimum atomic E-state index is -0.940. The van der Waals surface area contributed by atoms with Gasteiger partial charge in [0.2, 0.25) is 0 Å². The van der Waals surface area contributed by atoms with E-state index in [1.165, 1.54) is 0 Å². The van der Waals surface area contributed by atoms with Crippen molar-refractivity contribution < 1.29 is 19.4 Å². The summed E-state index contributed by atoms with van der Waals surface area (Å²) in [6.07, 6.45) is 3.52. The van der Waals surface area contributed by atoms with Gasteiger partial charge in [0, 0.05) is 18.5 Å². The highest BCUT2D eigenvalue weighted by molar-refractivity contribution is 5.82. The van der Waals surface area contributed by atoms with Crippen molar-refractivity contribution in [2.45, 2.75) is 31.8 Å². The number of hydrogen-bond acceptors (Lipinski definition) is 5. The maximum Gasteiger partial charge on any atom is 0.330 e. The quantitative estimate of drug-likeness (QED) is 0.633. The van der Waals surface area contributed by atoms with Crippen LogP contribution in [0.4, 0.5) is 0 Å². The van der Waals surface area contributed by atoms with E-state index in [0.29, 0.717) is 25.9 Å². The van der Waals surface area contributed by atoms with Crippen LogP contribution in [0.3, 0.4) is 0 Å². The molecule has 2 rings (SSSR count). The third-order valence-electron chi connectivity index (χ3n) is 4.77. The van der Waals surface area contributed by atoms with Crippen LogP contribution in [0.2, 0.25) is 0 Å². The summed E-state index contributed by atoms with van der Waals surface area (Å²) in [6.45, 7) is 2.90. The van der Waals surface area contributed by atoms with Crippen LogP contribution in [0.1, 0.15) is 31.7 Å². The highest BCUT2D eigenvalue weighted by Gasteiger charge is 2.42. The number of ether oxygens (including phenoxy) is 2. The van der Waals surface area contributed by atoms with Crippen molar-refractivity contribution in [1.29, 1.82) is 0 Å². The molecule has 25 heavy (non-hydrogen) atoms. The lowest BCUT2D eigenvalue weighted by Gasteiger charge is -2.42. The molecule has 1 aromatic rings. The minimum Gasteiger partial charge on any atom is -0.497 e. The number of esters is 1. The van der Waals surface area contributed by atoms with Gasteiger partial charge in [0.1, 0.15) is 5.75 Å². The molecule has 2 unspecified atom stereocenters. The lowest BCUT2D eigenvalue weighted by atomic mass is 9.69. The number of methoxy groups -OCH3 is 1. The summed E-state index contributed by atoms with van der Waals surface area (Å²) in [7, 11) is 5.62. The zero-order valence-corrected chi connectivity index (χ0v) is 15.6. The standard InChI is InChI=1S/C20H29NO4/c1-5-25-19(22)12-15-9-10-20(23,17(11-15)14-21(2)3)16-7-6-8-18(13-16)24-4/h6-8,12-13,17,23H,5,9-11,14H2,1-4H3. The first kappa shape index (κ1) is 19.5. The summed E-state index contributed by atoms with van der Waals surface area (Å²) in [4.78, 5) is 13.8. The van der Waals surface area contributed by atoms with Crippen molar-refractivity contribution >= 4 is 5.97 Å². The molecule has 1 fully saturated rings. The van der Waals surface area contributed by atoms with Crippen LogP contribution in [0.15, 0.2) is 35.9 Å². The summed E-state index contributed by atoms with van der Waals surface area (Å²) in [5.41, 5.74) is 0.969. The van der Waals surface area contributed by atoms with E-state index in [-0.39, 0.29) is 11.9 Å². The van der Waals surface area contributed by atoms with E-state index >= 15 is 0 Å². The maximum absolute atomic E-state index is 11.8. The van der Waals surface area contributed by atoms with Gasteiger partial charge in [0.25, 0.3) is 0 Å². The molecule has 2 atom stereocenters. The number of carbonyl (C=O) groups excluding carboxylic acids is 1. The second-order valence-corrected chi connectivity index (χ2v) is 6.87. The number of hydrogen-bond donors (Lipinski definition) is 1.